The van der Waals surface area contributed by atoms with Gasteiger partial charge in [-0.25, -0.2) is 0 Å². The third-order valence-electron chi connectivity index (χ3n) is 3.05. The van der Waals surface area contributed by atoms with Gasteiger partial charge in [-0.2, -0.15) is 0 Å². The van der Waals surface area contributed by atoms with E-state index >= 15 is 0 Å². The van der Waals surface area contributed by atoms with Gasteiger partial charge in [0.05, 0.1) is 30.8 Å². The third-order valence-corrected chi connectivity index (χ3v) is 3.05. The number of hydrogen-bond acceptors (Lipinski definition) is 4. The molecule has 4 nitrogen and oxygen atoms in total. The van der Waals surface area contributed by atoms with Gasteiger partial charge in [-0.1, -0.05) is 0 Å². The number of morpholine rings is 1. The first-order chi connectivity index (χ1) is 7.62. The predicted octanol–water partition coefficient (Wildman–Crippen LogP) is 1.39. The molecule has 1 aromatic rings. The Bertz CT molecular complexity index is 322. The monoisotopic (exact) mass is 224 g/mol. The zero-order chi connectivity index (χ0) is 11.6. The summed E-state index contributed by atoms with van der Waals surface area (Å²) < 4.78 is 10.8. The van der Waals surface area contributed by atoms with Gasteiger partial charge in [0.15, 0.2) is 0 Å². The van der Waals surface area contributed by atoms with Crippen LogP contribution in [0, 0.1) is 0 Å². The van der Waals surface area contributed by atoms with Crippen molar-refractivity contribution < 1.29 is 9.15 Å². The molecule has 0 radical (unpaired) electrons. The van der Waals surface area contributed by atoms with Gasteiger partial charge in [0.25, 0.3) is 0 Å². The highest BCUT2D eigenvalue weighted by Gasteiger charge is 2.31. The molecule has 16 heavy (non-hydrogen) atoms. The van der Waals surface area contributed by atoms with Crippen molar-refractivity contribution in [1.29, 1.82) is 0 Å². The lowest BCUT2D eigenvalue weighted by Gasteiger charge is -2.41. The second-order valence-electron chi connectivity index (χ2n) is 4.89. The van der Waals surface area contributed by atoms with Crippen molar-refractivity contribution in [1.82, 2.24) is 4.90 Å². The molecule has 1 aromatic heterocycles. The summed E-state index contributed by atoms with van der Waals surface area (Å²) in [7, 11) is 0. The van der Waals surface area contributed by atoms with Crippen LogP contribution in [0.5, 0.6) is 0 Å². The van der Waals surface area contributed by atoms with E-state index < -0.39 is 0 Å². The molecule has 0 aliphatic carbocycles. The van der Waals surface area contributed by atoms with E-state index in [4.69, 9.17) is 14.9 Å². The molecule has 1 atom stereocenters. The lowest BCUT2D eigenvalue weighted by molar-refractivity contribution is -0.0967. The maximum atomic E-state index is 5.86. The molecule has 1 unspecified atom stereocenters. The van der Waals surface area contributed by atoms with Crippen molar-refractivity contribution >= 4 is 0 Å². The van der Waals surface area contributed by atoms with Gasteiger partial charge in [0.1, 0.15) is 0 Å². The zero-order valence-corrected chi connectivity index (χ0v) is 9.98. The van der Waals surface area contributed by atoms with Crippen LogP contribution in [0.15, 0.2) is 23.0 Å². The molecule has 0 aromatic carbocycles. The van der Waals surface area contributed by atoms with Crippen LogP contribution in [0.2, 0.25) is 0 Å². The number of ether oxygens (including phenoxy) is 1. The summed E-state index contributed by atoms with van der Waals surface area (Å²) in [5.41, 5.74) is 6.92. The molecule has 0 spiro atoms. The van der Waals surface area contributed by atoms with E-state index in [0.29, 0.717) is 6.54 Å². The fourth-order valence-corrected chi connectivity index (χ4v) is 2.28. The topological polar surface area (TPSA) is 51.6 Å². The van der Waals surface area contributed by atoms with Crippen molar-refractivity contribution in [2.45, 2.75) is 25.5 Å². The Labute approximate surface area is 96.4 Å². The van der Waals surface area contributed by atoms with Gasteiger partial charge in [-0.05, 0) is 19.9 Å². The van der Waals surface area contributed by atoms with Gasteiger partial charge >= 0.3 is 0 Å². The zero-order valence-electron chi connectivity index (χ0n) is 9.98. The van der Waals surface area contributed by atoms with Crippen molar-refractivity contribution in [3.8, 4) is 0 Å². The minimum Gasteiger partial charge on any atom is -0.472 e. The maximum Gasteiger partial charge on any atom is 0.0950 e. The van der Waals surface area contributed by atoms with Crippen LogP contribution < -0.4 is 5.73 Å². The van der Waals surface area contributed by atoms with Gasteiger partial charge in [0.2, 0.25) is 0 Å². The van der Waals surface area contributed by atoms with Crippen LogP contribution in [0.25, 0.3) is 0 Å². The van der Waals surface area contributed by atoms with Crippen molar-refractivity contribution in [3.63, 3.8) is 0 Å². The summed E-state index contributed by atoms with van der Waals surface area (Å²) in [5.74, 6) is 0. The van der Waals surface area contributed by atoms with E-state index in [1.165, 1.54) is 0 Å². The first-order valence-corrected chi connectivity index (χ1v) is 5.72. The summed E-state index contributed by atoms with van der Waals surface area (Å²) in [6, 6.07) is 2.22. The molecule has 1 saturated heterocycles. The Balaban J connectivity index is 2.10. The molecule has 0 bridgehead atoms. The molecule has 90 valence electrons. The molecule has 2 heterocycles. The normalized spacial score (nSPS) is 23.2. The molecule has 1 aliphatic rings. The highest BCUT2D eigenvalue weighted by atomic mass is 16.5. The minimum atomic E-state index is -0.0879. The third kappa shape index (κ3) is 2.45. The fourth-order valence-electron chi connectivity index (χ4n) is 2.28. The van der Waals surface area contributed by atoms with E-state index in [2.05, 4.69) is 18.7 Å². The standard InChI is InChI=1S/C12H20N2O2/c1-12(2)9-14(4-6-16-12)11(7-13)10-3-5-15-8-10/h3,5,8,11H,4,6-7,9,13H2,1-2H3. The Hall–Kier alpha value is -0.840. The van der Waals surface area contributed by atoms with E-state index in [9.17, 15) is 0 Å². The summed E-state index contributed by atoms with van der Waals surface area (Å²) >= 11 is 0. The summed E-state index contributed by atoms with van der Waals surface area (Å²) in [4.78, 5) is 2.37. The van der Waals surface area contributed by atoms with E-state index in [-0.39, 0.29) is 11.6 Å². The average Bonchev–Trinajstić information content (AvgIpc) is 2.71. The lowest BCUT2D eigenvalue weighted by Crippen LogP contribution is -2.50. The molecule has 2 rings (SSSR count). The highest BCUT2D eigenvalue weighted by Crippen LogP contribution is 2.26. The predicted molar refractivity (Wildman–Crippen MR) is 62.1 cm³/mol. The number of nitrogens with two attached hydrogens (primary N) is 1. The van der Waals surface area contributed by atoms with Crippen molar-refractivity contribution in [2.75, 3.05) is 26.2 Å². The van der Waals surface area contributed by atoms with E-state index in [1.54, 1.807) is 12.5 Å². The summed E-state index contributed by atoms with van der Waals surface area (Å²) in [5, 5.41) is 0. The van der Waals surface area contributed by atoms with Crippen LogP contribution in [0.3, 0.4) is 0 Å². The molecular formula is C12H20N2O2. The molecular weight excluding hydrogens is 204 g/mol. The van der Waals surface area contributed by atoms with Crippen LogP contribution in [0.4, 0.5) is 0 Å². The highest BCUT2D eigenvalue weighted by molar-refractivity contribution is 5.13. The first-order valence-electron chi connectivity index (χ1n) is 5.72. The second-order valence-corrected chi connectivity index (χ2v) is 4.89. The van der Waals surface area contributed by atoms with E-state index in [0.717, 1.165) is 25.3 Å². The summed E-state index contributed by atoms with van der Waals surface area (Å²) in [6.07, 6.45) is 3.48. The number of hydrogen-bond donors (Lipinski definition) is 1. The van der Waals surface area contributed by atoms with Gasteiger partial charge in [-0.15, -0.1) is 0 Å². The minimum absolute atomic E-state index is 0.0879. The molecule has 1 aliphatic heterocycles. The summed E-state index contributed by atoms with van der Waals surface area (Å²) in [6.45, 7) is 7.43. The molecule has 0 saturated carbocycles. The molecule has 2 N–H and O–H groups in total. The second kappa shape index (κ2) is 4.57. The van der Waals surface area contributed by atoms with Crippen LogP contribution in [-0.4, -0.2) is 36.7 Å². The molecule has 0 amide bonds. The van der Waals surface area contributed by atoms with Crippen molar-refractivity contribution in [3.05, 3.63) is 24.2 Å². The molecule has 4 heteroatoms. The Morgan fingerprint density at radius 1 is 1.56 bits per heavy atom. The lowest BCUT2D eigenvalue weighted by atomic mass is 10.0. The van der Waals surface area contributed by atoms with Gasteiger partial charge < -0.3 is 14.9 Å². The smallest absolute Gasteiger partial charge is 0.0950 e. The Morgan fingerprint density at radius 2 is 2.38 bits per heavy atom. The number of nitrogens with zero attached hydrogens (tertiary/aromatic N) is 1. The Kier molecular flexibility index (Phi) is 3.33. The van der Waals surface area contributed by atoms with Crippen LogP contribution >= 0.6 is 0 Å². The fraction of sp³-hybridized carbons (Fsp3) is 0.667. The van der Waals surface area contributed by atoms with Gasteiger partial charge in [-0.3, -0.25) is 4.90 Å². The largest absolute Gasteiger partial charge is 0.472 e. The quantitative estimate of drug-likeness (QED) is 0.843. The van der Waals surface area contributed by atoms with Crippen LogP contribution in [0.1, 0.15) is 25.5 Å². The number of furan rings is 1. The van der Waals surface area contributed by atoms with Crippen molar-refractivity contribution in [2.24, 2.45) is 5.73 Å². The first kappa shape index (κ1) is 11.6. The average molecular weight is 224 g/mol. The van der Waals surface area contributed by atoms with Gasteiger partial charge in [0, 0.05) is 25.2 Å². The number of rotatable bonds is 3. The molecule has 1 fully saturated rings. The Morgan fingerprint density at radius 3 is 2.94 bits per heavy atom. The SMILES string of the molecule is CC1(C)CN(C(CN)c2ccoc2)CCO1. The van der Waals surface area contributed by atoms with E-state index in [1.807, 2.05) is 6.07 Å². The maximum absolute atomic E-state index is 5.86. The van der Waals surface area contributed by atoms with Crippen LogP contribution in [-0.2, 0) is 4.74 Å².